The normalized spacial score (nSPS) is 15.9. The van der Waals surface area contributed by atoms with Crippen molar-refractivity contribution in [3.63, 3.8) is 0 Å². The molecule has 1 saturated heterocycles. The third kappa shape index (κ3) is 3.55. The van der Waals surface area contributed by atoms with Gasteiger partial charge in [-0.1, -0.05) is 49.1 Å². The molecule has 0 bridgehead atoms. The molecule has 1 fully saturated rings. The van der Waals surface area contributed by atoms with Crippen molar-refractivity contribution >= 4 is 46.0 Å². The lowest BCUT2D eigenvalue weighted by atomic mass is 10.1. The Kier molecular flexibility index (Phi) is 5.11. The van der Waals surface area contributed by atoms with Crippen LogP contribution in [0.2, 0.25) is 0 Å². The van der Waals surface area contributed by atoms with Gasteiger partial charge in [0.25, 0.3) is 5.91 Å². The molecule has 0 radical (unpaired) electrons. The van der Waals surface area contributed by atoms with Crippen LogP contribution in [-0.4, -0.2) is 22.4 Å². The minimum Gasteiger partial charge on any atom is -0.504 e. The molecule has 2 aromatic rings. The minimum atomic E-state index is -0.147. The number of aromatic hydroxyl groups is 1. The van der Waals surface area contributed by atoms with E-state index in [1.54, 1.807) is 23.1 Å². The number of phenolic OH excluding ortho intramolecular Hbond substituents is 1. The topological polar surface area (TPSA) is 49.8 Å². The number of aryl methyl sites for hydroxylation is 1. The molecule has 0 saturated carbocycles. The van der Waals surface area contributed by atoms with Gasteiger partial charge in [0.2, 0.25) is 0 Å². The maximum absolute atomic E-state index is 12.8. The third-order valence-electron chi connectivity index (χ3n) is 3.90. The number of rotatable bonds is 4. The van der Waals surface area contributed by atoms with Crippen molar-refractivity contribution in [1.82, 2.24) is 0 Å². The number of benzene rings is 2. The zero-order valence-electron chi connectivity index (χ0n) is 13.9. The van der Waals surface area contributed by atoms with Crippen molar-refractivity contribution in [1.29, 1.82) is 0 Å². The second-order valence-electron chi connectivity index (χ2n) is 5.47. The molecule has 1 N–H and O–H groups in total. The van der Waals surface area contributed by atoms with Crippen LogP contribution < -0.4 is 9.64 Å². The largest absolute Gasteiger partial charge is 0.504 e. The first-order valence-corrected chi connectivity index (χ1v) is 9.00. The SMILES string of the molecule is CCc1ccc(N2C(=O)/C(=C/c3ccc(O)c(OC)c3)SC2=S)cc1. The Morgan fingerprint density at radius 1 is 1.24 bits per heavy atom. The van der Waals surface area contributed by atoms with Crippen LogP contribution in [0.4, 0.5) is 5.69 Å². The minimum absolute atomic E-state index is 0.0585. The molecule has 1 amide bonds. The van der Waals surface area contributed by atoms with E-state index in [1.807, 2.05) is 24.3 Å². The number of carbonyl (C=O) groups is 1. The van der Waals surface area contributed by atoms with Crippen molar-refractivity contribution in [2.45, 2.75) is 13.3 Å². The highest BCUT2D eigenvalue weighted by atomic mass is 32.2. The predicted octanol–water partition coefficient (Wildman–Crippen LogP) is 4.37. The van der Waals surface area contributed by atoms with Gasteiger partial charge >= 0.3 is 0 Å². The zero-order chi connectivity index (χ0) is 18.0. The van der Waals surface area contributed by atoms with Gasteiger partial charge in [-0.2, -0.15) is 0 Å². The van der Waals surface area contributed by atoms with E-state index in [2.05, 4.69) is 6.92 Å². The molecule has 25 heavy (non-hydrogen) atoms. The first-order valence-electron chi connectivity index (χ1n) is 7.77. The van der Waals surface area contributed by atoms with Gasteiger partial charge in [-0.05, 0) is 47.9 Å². The summed E-state index contributed by atoms with van der Waals surface area (Å²) < 4.78 is 5.61. The maximum Gasteiger partial charge on any atom is 0.270 e. The number of nitrogens with zero attached hydrogens (tertiary/aromatic N) is 1. The van der Waals surface area contributed by atoms with Gasteiger partial charge in [0.05, 0.1) is 17.7 Å². The number of thioether (sulfide) groups is 1. The van der Waals surface area contributed by atoms with Crippen LogP contribution in [0.15, 0.2) is 47.4 Å². The summed E-state index contributed by atoms with van der Waals surface area (Å²) >= 11 is 6.65. The molecule has 0 atom stereocenters. The molecular weight excluding hydrogens is 354 g/mol. The molecule has 1 aliphatic rings. The molecule has 1 heterocycles. The van der Waals surface area contributed by atoms with E-state index in [-0.39, 0.29) is 11.7 Å². The molecule has 2 aromatic carbocycles. The summed E-state index contributed by atoms with van der Waals surface area (Å²) in [4.78, 5) is 14.8. The Hall–Kier alpha value is -2.31. The average Bonchev–Trinajstić information content (AvgIpc) is 2.90. The summed E-state index contributed by atoms with van der Waals surface area (Å²) in [5, 5.41) is 9.68. The second-order valence-corrected chi connectivity index (χ2v) is 7.14. The van der Waals surface area contributed by atoms with E-state index in [1.165, 1.54) is 30.5 Å². The van der Waals surface area contributed by atoms with Crippen LogP contribution in [0.5, 0.6) is 11.5 Å². The number of methoxy groups -OCH3 is 1. The highest BCUT2D eigenvalue weighted by Gasteiger charge is 2.33. The van der Waals surface area contributed by atoms with Gasteiger partial charge in [0, 0.05) is 0 Å². The number of anilines is 1. The average molecular weight is 371 g/mol. The van der Waals surface area contributed by atoms with Crippen molar-refractivity contribution in [3.8, 4) is 11.5 Å². The van der Waals surface area contributed by atoms with Crippen LogP contribution in [-0.2, 0) is 11.2 Å². The fourth-order valence-electron chi connectivity index (χ4n) is 2.51. The number of hydrogen-bond donors (Lipinski definition) is 1. The van der Waals surface area contributed by atoms with E-state index in [0.717, 1.165) is 17.7 Å². The van der Waals surface area contributed by atoms with E-state index in [9.17, 15) is 9.90 Å². The molecule has 0 unspecified atom stereocenters. The molecule has 128 valence electrons. The van der Waals surface area contributed by atoms with Gasteiger partial charge in [-0.3, -0.25) is 9.69 Å². The van der Waals surface area contributed by atoms with Crippen molar-refractivity contribution in [3.05, 3.63) is 58.5 Å². The van der Waals surface area contributed by atoms with Crippen LogP contribution >= 0.6 is 24.0 Å². The van der Waals surface area contributed by atoms with Crippen LogP contribution in [0.3, 0.4) is 0 Å². The van der Waals surface area contributed by atoms with Crippen molar-refractivity contribution in [2.75, 3.05) is 12.0 Å². The number of hydrogen-bond acceptors (Lipinski definition) is 5. The Balaban J connectivity index is 1.90. The molecule has 1 aliphatic heterocycles. The Morgan fingerprint density at radius 3 is 2.60 bits per heavy atom. The predicted molar refractivity (Wildman–Crippen MR) is 106 cm³/mol. The summed E-state index contributed by atoms with van der Waals surface area (Å²) in [5.74, 6) is 0.272. The van der Waals surface area contributed by atoms with Gasteiger partial charge in [0.15, 0.2) is 15.8 Å². The molecular formula is C19H17NO3S2. The van der Waals surface area contributed by atoms with Gasteiger partial charge < -0.3 is 9.84 Å². The summed E-state index contributed by atoms with van der Waals surface area (Å²) in [5.41, 5.74) is 2.74. The van der Waals surface area contributed by atoms with Crippen LogP contribution in [0.25, 0.3) is 6.08 Å². The molecule has 6 heteroatoms. The first kappa shape index (κ1) is 17.5. The van der Waals surface area contributed by atoms with Gasteiger partial charge in [0.1, 0.15) is 0 Å². The molecule has 4 nitrogen and oxygen atoms in total. The van der Waals surface area contributed by atoms with E-state index in [0.29, 0.717) is 15.0 Å². The molecule has 0 aromatic heterocycles. The lowest BCUT2D eigenvalue weighted by molar-refractivity contribution is -0.113. The quantitative estimate of drug-likeness (QED) is 0.639. The molecule has 3 rings (SSSR count). The van der Waals surface area contributed by atoms with Crippen LogP contribution in [0.1, 0.15) is 18.1 Å². The van der Waals surface area contributed by atoms with E-state index in [4.69, 9.17) is 17.0 Å². The van der Waals surface area contributed by atoms with Crippen LogP contribution in [0, 0.1) is 0 Å². The lowest BCUT2D eigenvalue weighted by Gasteiger charge is -2.14. The van der Waals surface area contributed by atoms with Gasteiger partial charge in [-0.25, -0.2) is 0 Å². The smallest absolute Gasteiger partial charge is 0.270 e. The highest BCUT2D eigenvalue weighted by Crippen LogP contribution is 2.37. The number of ether oxygens (including phenoxy) is 1. The maximum atomic E-state index is 12.8. The number of thiocarbonyl (C=S) groups is 1. The van der Waals surface area contributed by atoms with E-state index < -0.39 is 0 Å². The lowest BCUT2D eigenvalue weighted by Crippen LogP contribution is -2.27. The second kappa shape index (κ2) is 7.29. The molecule has 0 spiro atoms. The highest BCUT2D eigenvalue weighted by molar-refractivity contribution is 8.27. The summed E-state index contributed by atoms with van der Waals surface area (Å²) in [6.07, 6.45) is 2.70. The third-order valence-corrected chi connectivity index (χ3v) is 5.20. The van der Waals surface area contributed by atoms with Crippen molar-refractivity contribution in [2.24, 2.45) is 0 Å². The monoisotopic (exact) mass is 371 g/mol. The van der Waals surface area contributed by atoms with E-state index >= 15 is 0 Å². The fraction of sp³-hybridized carbons (Fsp3) is 0.158. The summed E-state index contributed by atoms with van der Waals surface area (Å²) in [7, 11) is 1.48. The fourth-order valence-corrected chi connectivity index (χ4v) is 3.81. The van der Waals surface area contributed by atoms with Gasteiger partial charge in [-0.15, -0.1) is 0 Å². The number of carbonyl (C=O) groups excluding carboxylic acids is 1. The summed E-state index contributed by atoms with van der Waals surface area (Å²) in [6, 6.07) is 12.8. The standard InChI is InChI=1S/C19H17NO3S2/c1-3-12-4-7-14(8-5-12)20-18(22)17(25-19(20)24)11-13-6-9-15(21)16(10-13)23-2/h4-11,21H,3H2,1-2H3/b17-11-. The van der Waals surface area contributed by atoms with Crippen molar-refractivity contribution < 1.29 is 14.6 Å². The number of amides is 1. The summed E-state index contributed by atoms with van der Waals surface area (Å²) in [6.45, 7) is 2.09. The molecule has 0 aliphatic carbocycles. The Bertz CT molecular complexity index is 859. The Labute approximate surface area is 156 Å². The zero-order valence-corrected chi connectivity index (χ0v) is 15.5. The Morgan fingerprint density at radius 2 is 1.96 bits per heavy atom. The first-order chi connectivity index (χ1) is 12.0. The number of phenols is 1.